The van der Waals surface area contributed by atoms with Crippen LogP contribution in [0.3, 0.4) is 0 Å². The lowest BCUT2D eigenvalue weighted by molar-refractivity contribution is -0.125. The fourth-order valence-electron chi connectivity index (χ4n) is 14.4. The van der Waals surface area contributed by atoms with Crippen molar-refractivity contribution in [2.24, 2.45) is 11.8 Å². The highest BCUT2D eigenvalue weighted by Gasteiger charge is 2.52. The number of hydrogen-bond donors (Lipinski definition) is 0. The summed E-state index contributed by atoms with van der Waals surface area (Å²) in [6.07, 6.45) is 62.8. The molecule has 0 bridgehead atoms. The Morgan fingerprint density at radius 2 is 0.830 bits per heavy atom. The van der Waals surface area contributed by atoms with Crippen LogP contribution in [-0.4, -0.2) is 50.5 Å². The zero-order valence-corrected chi connectivity index (χ0v) is 60.6. The van der Waals surface area contributed by atoms with Crippen LogP contribution >= 0.6 is 69.3 Å². The van der Waals surface area contributed by atoms with Crippen molar-refractivity contribution in [2.75, 3.05) is 13.1 Å². The monoisotopic (exact) mass is 1310 g/mol. The van der Waals surface area contributed by atoms with E-state index in [9.17, 15) is 0 Å². The van der Waals surface area contributed by atoms with E-state index in [4.69, 9.17) is 0 Å². The summed E-state index contributed by atoms with van der Waals surface area (Å²) in [6.45, 7) is 10.7. The minimum atomic E-state index is 0.0289. The van der Waals surface area contributed by atoms with Gasteiger partial charge in [0.1, 0.15) is 0 Å². The van der Waals surface area contributed by atoms with E-state index in [1.54, 1.807) is 22.7 Å². The molecule has 5 atom stereocenters. The predicted octanol–water partition coefficient (Wildman–Crippen LogP) is 26.6. The predicted molar refractivity (Wildman–Crippen MR) is 396 cm³/mol. The molecule has 0 aromatic carbocycles. The summed E-state index contributed by atoms with van der Waals surface area (Å²) in [5.41, 5.74) is 3.45. The number of allylic oxidation sites excluding steroid dienone is 3. The number of nitrogens with zero attached hydrogens (tertiary/aromatic N) is 2. The second-order valence-electron chi connectivity index (χ2n) is 27.0. The van der Waals surface area contributed by atoms with E-state index in [1.165, 1.54) is 260 Å². The molecule has 8 heterocycles. The van der Waals surface area contributed by atoms with Crippen molar-refractivity contribution in [3.8, 4) is 19.5 Å². The number of fused-ring (bicyclic) bond motifs is 1. The van der Waals surface area contributed by atoms with Crippen molar-refractivity contribution < 1.29 is 9.59 Å². The molecule has 3 aromatic heterocycles. The average molecular weight is 1310 g/mol. The standard InChI is InChI=1S/C78H118N2O2S6/c1-5-9-13-17-21-25-27-31-35-39-45-61(43-37-33-29-23-19-15-11-7-3)59-79-75(71-55-53-69(87-71)67-51-49-65(85-67)63-47-41-57-83-63)73-74(77(79)81)76(72-56-54-70(88-72)68-52-50-66(86-68)64-48-42-58-84-64)80(78(73)82)60-62(44-38-34-30-24-20-16-12-8-4)46-40-36-32-28-26-22-18-14-10-6-2/h41-42,47,49,51-55,57-58,61-62,64,66,72H,5-40,43-46,48,50,56,59-60H2,1-4H3. The maximum absolute atomic E-state index is 16.3. The van der Waals surface area contributed by atoms with Crippen molar-refractivity contribution in [3.05, 3.63) is 96.9 Å². The van der Waals surface area contributed by atoms with E-state index in [1.807, 2.05) is 34.9 Å². The second kappa shape index (κ2) is 41.5. The van der Waals surface area contributed by atoms with Crippen molar-refractivity contribution in [2.45, 2.75) is 320 Å². The van der Waals surface area contributed by atoms with Gasteiger partial charge in [-0.25, -0.2) is 0 Å². The Bertz CT molecular complexity index is 2620. The fourth-order valence-corrected chi connectivity index (χ4v) is 21.4. The van der Waals surface area contributed by atoms with Gasteiger partial charge in [-0.3, -0.25) is 9.59 Å². The van der Waals surface area contributed by atoms with E-state index in [0.29, 0.717) is 28.9 Å². The zero-order chi connectivity index (χ0) is 61.4. The molecule has 0 radical (unpaired) electrons. The van der Waals surface area contributed by atoms with Gasteiger partial charge < -0.3 is 9.80 Å². The number of carbonyl (C=O) groups excluding carboxylic acids is 2. The normalized spacial score (nSPS) is 19.2. The van der Waals surface area contributed by atoms with Crippen LogP contribution in [-0.2, 0) is 9.59 Å². The third kappa shape index (κ3) is 22.5. The van der Waals surface area contributed by atoms with Gasteiger partial charge in [-0.05, 0) is 97.9 Å². The molecule has 8 rings (SSSR count). The Labute approximate surface area is 562 Å². The summed E-state index contributed by atoms with van der Waals surface area (Å²) < 4.78 is 0. The second-order valence-corrected chi connectivity index (χ2v) is 33.8. The van der Waals surface area contributed by atoms with E-state index in [2.05, 4.69) is 115 Å². The molecule has 5 aliphatic heterocycles. The quantitative estimate of drug-likeness (QED) is 0.0527. The molecule has 0 fully saturated rings. The molecule has 5 aliphatic rings. The Kier molecular flexibility index (Phi) is 33.8. The Balaban J connectivity index is 1.10. The van der Waals surface area contributed by atoms with Crippen LogP contribution in [0, 0.1) is 11.8 Å². The lowest BCUT2D eigenvalue weighted by atomic mass is 9.93. The average Bonchev–Trinajstić information content (AvgIpc) is 1.64. The first-order valence-electron chi connectivity index (χ1n) is 36.8. The molecule has 488 valence electrons. The number of carbonyl (C=O) groups is 2. The van der Waals surface area contributed by atoms with Gasteiger partial charge in [0.25, 0.3) is 11.8 Å². The van der Waals surface area contributed by atoms with Crippen LogP contribution in [0.1, 0.15) is 309 Å². The van der Waals surface area contributed by atoms with Gasteiger partial charge in [0, 0.05) is 58.6 Å². The van der Waals surface area contributed by atoms with Crippen LogP contribution in [0.4, 0.5) is 0 Å². The number of thioether (sulfide) groups is 3. The van der Waals surface area contributed by atoms with Gasteiger partial charge in [-0.1, -0.05) is 283 Å². The number of hydrogen-bond acceptors (Lipinski definition) is 8. The number of rotatable bonds is 50. The van der Waals surface area contributed by atoms with E-state index < -0.39 is 0 Å². The first kappa shape index (κ1) is 71.6. The highest BCUT2D eigenvalue weighted by Crippen LogP contribution is 2.55. The lowest BCUT2D eigenvalue weighted by Crippen LogP contribution is -2.37. The van der Waals surface area contributed by atoms with E-state index in [-0.39, 0.29) is 17.1 Å². The lowest BCUT2D eigenvalue weighted by Gasteiger charge is -2.31. The summed E-state index contributed by atoms with van der Waals surface area (Å²) in [5.74, 6) is 1.02. The van der Waals surface area contributed by atoms with Crippen LogP contribution < -0.4 is 0 Å². The highest BCUT2D eigenvalue weighted by molar-refractivity contribution is 8.10. The van der Waals surface area contributed by atoms with Crippen molar-refractivity contribution in [3.63, 3.8) is 0 Å². The summed E-state index contributed by atoms with van der Waals surface area (Å²) in [7, 11) is 0. The summed E-state index contributed by atoms with van der Waals surface area (Å²) in [4.78, 5) is 46.1. The number of unbranched alkanes of at least 4 members (excludes halogenated alkanes) is 32. The summed E-state index contributed by atoms with van der Waals surface area (Å²) in [5, 5.41) is 5.74. The van der Waals surface area contributed by atoms with Crippen molar-refractivity contribution >= 4 is 86.8 Å². The van der Waals surface area contributed by atoms with E-state index >= 15 is 9.59 Å². The Morgan fingerprint density at radius 3 is 1.28 bits per heavy atom. The molecule has 0 saturated heterocycles. The molecular formula is C78H118N2O2S6. The van der Waals surface area contributed by atoms with Crippen molar-refractivity contribution in [1.29, 1.82) is 0 Å². The first-order chi connectivity index (χ1) is 43.4. The molecule has 5 unspecified atom stereocenters. The third-order valence-electron chi connectivity index (χ3n) is 19.7. The van der Waals surface area contributed by atoms with Gasteiger partial charge in [0.05, 0.1) is 27.0 Å². The van der Waals surface area contributed by atoms with Crippen LogP contribution in [0.25, 0.3) is 25.2 Å². The molecular weight excluding hydrogens is 1190 g/mol. The maximum Gasteiger partial charge on any atom is 0.261 e. The Hall–Kier alpha value is -2.21. The van der Waals surface area contributed by atoms with Crippen LogP contribution in [0.2, 0.25) is 0 Å². The minimum Gasteiger partial charge on any atom is -0.310 e. The van der Waals surface area contributed by atoms with Gasteiger partial charge in [0.2, 0.25) is 0 Å². The molecule has 0 aliphatic carbocycles. The topological polar surface area (TPSA) is 40.6 Å². The van der Waals surface area contributed by atoms with Crippen molar-refractivity contribution in [1.82, 2.24) is 9.80 Å². The first-order valence-corrected chi connectivity index (χ1v) is 42.0. The smallest absolute Gasteiger partial charge is 0.261 e. The number of amides is 2. The molecule has 0 saturated carbocycles. The molecule has 0 spiro atoms. The van der Waals surface area contributed by atoms with Gasteiger partial charge in [-0.15, -0.1) is 69.3 Å². The molecule has 10 heteroatoms. The zero-order valence-electron chi connectivity index (χ0n) is 55.7. The Morgan fingerprint density at radius 1 is 0.420 bits per heavy atom. The van der Waals surface area contributed by atoms with E-state index in [0.717, 1.165) is 78.9 Å². The SMILES string of the molecule is CCCCCCCCCCCCC(CCCCCCCCCC)CN1C(=O)C2=C(C3CC=C(C4=CCC(C5CC=CS5)S4)S3)N(CC(CCCCCCCCCC)CCCCCCCCCCCC)C(=O)C2=C1c1ccc(-c2ccc(-c3cccs3)s2)s1. The molecule has 88 heavy (non-hydrogen) atoms. The summed E-state index contributed by atoms with van der Waals surface area (Å²) >= 11 is 11.5. The van der Waals surface area contributed by atoms with Gasteiger partial charge in [0.15, 0.2) is 0 Å². The molecule has 4 nitrogen and oxygen atoms in total. The van der Waals surface area contributed by atoms with Gasteiger partial charge in [-0.2, -0.15) is 0 Å². The van der Waals surface area contributed by atoms with Crippen LogP contribution in [0.15, 0.2) is 92.1 Å². The highest BCUT2D eigenvalue weighted by atomic mass is 32.2. The van der Waals surface area contributed by atoms with Gasteiger partial charge >= 0.3 is 0 Å². The third-order valence-corrected chi connectivity index (χ3v) is 27.5. The largest absolute Gasteiger partial charge is 0.310 e. The maximum atomic E-state index is 16.3. The summed E-state index contributed by atoms with van der Waals surface area (Å²) in [6, 6.07) is 13.5. The molecule has 2 amide bonds. The number of thiophene rings is 3. The van der Waals surface area contributed by atoms with Crippen LogP contribution in [0.5, 0.6) is 0 Å². The molecule has 0 N–H and O–H groups in total. The molecule has 3 aromatic rings. The fraction of sp³-hybridized carbons (Fsp3) is 0.692. The minimum absolute atomic E-state index is 0.0289.